The number of aromatic amines is 1. The molecule has 2 aromatic carbocycles. The molecule has 128 valence electrons. The lowest BCUT2D eigenvalue weighted by Gasteiger charge is -2.11. The van der Waals surface area contributed by atoms with Crippen LogP contribution >= 0.6 is 11.6 Å². The molecule has 8 nitrogen and oxygen atoms in total. The second kappa shape index (κ2) is 6.08. The molecule has 0 radical (unpaired) electrons. The highest BCUT2D eigenvalue weighted by Crippen LogP contribution is 2.38. The molecule has 9 heteroatoms. The molecule has 0 saturated carbocycles. The van der Waals surface area contributed by atoms with Crippen LogP contribution in [0.25, 0.3) is 0 Å². The van der Waals surface area contributed by atoms with E-state index in [0.29, 0.717) is 45.3 Å². The predicted molar refractivity (Wildman–Crippen MR) is 97.1 cm³/mol. The Kier molecular flexibility index (Phi) is 3.74. The van der Waals surface area contributed by atoms with Gasteiger partial charge in [-0.25, -0.2) is 4.99 Å². The number of aldehydes is 1. The summed E-state index contributed by atoms with van der Waals surface area (Å²) in [4.78, 5) is 26.6. The molecular formula is C17H10ClN5O3. The minimum atomic E-state index is -0.481. The fourth-order valence-electron chi connectivity index (χ4n) is 2.74. The maximum Gasteiger partial charge on any atom is 0.270 e. The van der Waals surface area contributed by atoms with Gasteiger partial charge in [0, 0.05) is 34.0 Å². The molecule has 4 rings (SSSR count). The van der Waals surface area contributed by atoms with Gasteiger partial charge in [-0.2, -0.15) is 5.10 Å². The lowest BCUT2D eigenvalue weighted by molar-refractivity contribution is -0.384. The van der Waals surface area contributed by atoms with Crippen LogP contribution in [0.3, 0.4) is 0 Å². The average molecular weight is 368 g/mol. The molecule has 0 aliphatic carbocycles. The minimum absolute atomic E-state index is 0.0815. The van der Waals surface area contributed by atoms with E-state index < -0.39 is 4.92 Å². The van der Waals surface area contributed by atoms with E-state index >= 15 is 0 Å². The molecule has 0 fully saturated rings. The maximum atomic E-state index is 11.3. The summed E-state index contributed by atoms with van der Waals surface area (Å²) in [6.07, 6.45) is 0.611. The Morgan fingerprint density at radius 2 is 1.96 bits per heavy atom. The van der Waals surface area contributed by atoms with E-state index in [2.05, 4.69) is 20.5 Å². The van der Waals surface area contributed by atoms with Crippen molar-refractivity contribution in [2.45, 2.75) is 0 Å². The van der Waals surface area contributed by atoms with Gasteiger partial charge in [-0.15, -0.1) is 0 Å². The number of benzene rings is 2. The number of rotatable bonds is 3. The number of nitro groups is 1. The fourth-order valence-corrected chi connectivity index (χ4v) is 2.97. The molecule has 1 aliphatic heterocycles. The summed E-state index contributed by atoms with van der Waals surface area (Å²) in [7, 11) is 0. The lowest BCUT2D eigenvalue weighted by Crippen LogP contribution is -2.07. The number of carbonyl (C=O) groups is 1. The van der Waals surface area contributed by atoms with Gasteiger partial charge in [0.2, 0.25) is 0 Å². The van der Waals surface area contributed by atoms with E-state index in [1.54, 1.807) is 30.3 Å². The first-order valence-corrected chi connectivity index (χ1v) is 7.89. The van der Waals surface area contributed by atoms with Gasteiger partial charge < -0.3 is 5.32 Å². The second-order valence-electron chi connectivity index (χ2n) is 5.50. The third-order valence-electron chi connectivity index (χ3n) is 3.96. The second-order valence-corrected chi connectivity index (χ2v) is 5.91. The number of hydrogen-bond acceptors (Lipinski definition) is 6. The zero-order valence-corrected chi connectivity index (χ0v) is 13.8. The molecule has 2 heterocycles. The smallest absolute Gasteiger partial charge is 0.270 e. The Labute approximate surface area is 151 Å². The number of hydrogen-bond donors (Lipinski definition) is 2. The van der Waals surface area contributed by atoms with Crippen molar-refractivity contribution in [1.29, 1.82) is 0 Å². The quantitative estimate of drug-likeness (QED) is 0.322. The number of nitro benzene ring substituents is 1. The summed E-state index contributed by atoms with van der Waals surface area (Å²) in [6.45, 7) is 0. The van der Waals surface area contributed by atoms with Crippen molar-refractivity contribution in [3.63, 3.8) is 0 Å². The zero-order valence-electron chi connectivity index (χ0n) is 13.1. The van der Waals surface area contributed by atoms with Gasteiger partial charge in [0.15, 0.2) is 12.1 Å². The van der Waals surface area contributed by atoms with Gasteiger partial charge in [0.05, 0.1) is 10.6 Å². The molecule has 3 aromatic rings. The number of anilines is 2. The molecule has 1 aromatic heterocycles. The highest BCUT2D eigenvalue weighted by molar-refractivity contribution is 6.36. The van der Waals surface area contributed by atoms with Crippen LogP contribution in [0.5, 0.6) is 0 Å². The Bertz CT molecular complexity index is 1090. The molecule has 26 heavy (non-hydrogen) atoms. The molecule has 0 bridgehead atoms. The molecular weight excluding hydrogens is 358 g/mol. The van der Waals surface area contributed by atoms with Crippen molar-refractivity contribution < 1.29 is 9.72 Å². The summed E-state index contributed by atoms with van der Waals surface area (Å²) < 4.78 is 0. The van der Waals surface area contributed by atoms with Gasteiger partial charge >= 0.3 is 0 Å². The number of aromatic nitrogens is 2. The topological polar surface area (TPSA) is 113 Å². The van der Waals surface area contributed by atoms with E-state index in [4.69, 9.17) is 11.6 Å². The Morgan fingerprint density at radius 1 is 1.15 bits per heavy atom. The number of fused-ring (bicyclic) bond motifs is 2. The SMILES string of the molecule is O=Cc1[nH]nc2c1N=C(c1ccccc1Cl)c1cc([N+](=O)[O-])ccc1N2. The largest absolute Gasteiger partial charge is 0.336 e. The van der Waals surface area contributed by atoms with E-state index in [0.717, 1.165) is 0 Å². The van der Waals surface area contributed by atoms with Crippen LogP contribution in [0.4, 0.5) is 22.9 Å². The Morgan fingerprint density at radius 3 is 2.69 bits per heavy atom. The highest BCUT2D eigenvalue weighted by Gasteiger charge is 2.25. The van der Waals surface area contributed by atoms with Crippen molar-refractivity contribution >= 4 is 46.5 Å². The van der Waals surface area contributed by atoms with Gasteiger partial charge in [-0.05, 0) is 12.1 Å². The van der Waals surface area contributed by atoms with Crippen molar-refractivity contribution in [3.8, 4) is 0 Å². The van der Waals surface area contributed by atoms with Gasteiger partial charge in [0.25, 0.3) is 5.69 Å². The zero-order chi connectivity index (χ0) is 18.3. The third kappa shape index (κ3) is 2.52. The Hall–Kier alpha value is -3.52. The van der Waals surface area contributed by atoms with Crippen molar-refractivity contribution in [2.75, 3.05) is 5.32 Å². The minimum Gasteiger partial charge on any atom is -0.336 e. The third-order valence-corrected chi connectivity index (χ3v) is 4.29. The number of aliphatic imine (C=N–C) groups is 1. The summed E-state index contributed by atoms with van der Waals surface area (Å²) in [5.74, 6) is 0.351. The number of non-ortho nitro benzene ring substituents is 1. The average Bonchev–Trinajstić information content (AvgIpc) is 2.94. The molecule has 1 aliphatic rings. The molecule has 0 atom stereocenters. The molecule has 0 saturated heterocycles. The van der Waals surface area contributed by atoms with E-state index in [1.165, 1.54) is 12.1 Å². The van der Waals surface area contributed by atoms with Crippen molar-refractivity contribution in [1.82, 2.24) is 10.2 Å². The normalized spacial score (nSPS) is 12.3. The van der Waals surface area contributed by atoms with Crippen LogP contribution < -0.4 is 5.32 Å². The fraction of sp³-hybridized carbons (Fsp3) is 0. The number of H-pyrrole nitrogens is 1. The Balaban J connectivity index is 2.04. The molecule has 0 amide bonds. The van der Waals surface area contributed by atoms with Gasteiger partial charge in [-0.1, -0.05) is 29.8 Å². The van der Waals surface area contributed by atoms with Crippen LogP contribution in [-0.4, -0.2) is 27.1 Å². The first-order chi connectivity index (χ1) is 12.6. The van der Waals surface area contributed by atoms with Gasteiger partial charge in [-0.3, -0.25) is 20.0 Å². The first-order valence-electron chi connectivity index (χ1n) is 7.51. The standard InChI is InChI=1S/C17H10ClN5O3/c18-12-4-2-1-3-10(12)15-11-7-9(23(25)26)5-6-13(11)19-17-16(20-15)14(8-24)21-22-17/h1-8H,(H2,19,21,22). The van der Waals surface area contributed by atoms with E-state index in [1.807, 2.05) is 0 Å². The number of nitrogens with zero attached hydrogens (tertiary/aromatic N) is 3. The monoisotopic (exact) mass is 367 g/mol. The molecule has 2 N–H and O–H groups in total. The summed E-state index contributed by atoms with van der Waals surface area (Å²) in [5, 5.41) is 21.4. The molecule has 0 unspecified atom stereocenters. The van der Waals surface area contributed by atoms with E-state index in [9.17, 15) is 14.9 Å². The summed E-state index contributed by atoms with van der Waals surface area (Å²) >= 11 is 6.33. The summed E-state index contributed by atoms with van der Waals surface area (Å²) in [6, 6.07) is 11.4. The first kappa shape index (κ1) is 16.0. The highest BCUT2D eigenvalue weighted by atomic mass is 35.5. The van der Waals surface area contributed by atoms with Crippen molar-refractivity contribution in [3.05, 3.63) is 74.4 Å². The number of nitrogens with one attached hydrogen (secondary N) is 2. The molecule has 0 spiro atoms. The number of carbonyl (C=O) groups excluding carboxylic acids is 1. The van der Waals surface area contributed by atoms with Crippen LogP contribution in [0.15, 0.2) is 47.5 Å². The van der Waals surface area contributed by atoms with Crippen LogP contribution in [0.2, 0.25) is 5.02 Å². The van der Waals surface area contributed by atoms with Gasteiger partial charge in [0.1, 0.15) is 11.4 Å². The van der Waals surface area contributed by atoms with Crippen LogP contribution in [0.1, 0.15) is 21.6 Å². The van der Waals surface area contributed by atoms with E-state index in [-0.39, 0.29) is 11.4 Å². The van der Waals surface area contributed by atoms with Crippen molar-refractivity contribution in [2.24, 2.45) is 4.99 Å². The summed E-state index contributed by atoms with van der Waals surface area (Å²) in [5.41, 5.74) is 2.47. The maximum absolute atomic E-state index is 11.3. The number of halogens is 1. The predicted octanol–water partition coefficient (Wildman–Crippen LogP) is 4.01. The van der Waals surface area contributed by atoms with Crippen LogP contribution in [-0.2, 0) is 0 Å². The van der Waals surface area contributed by atoms with Crippen LogP contribution in [0, 0.1) is 10.1 Å². The lowest BCUT2D eigenvalue weighted by atomic mass is 10.00.